The van der Waals surface area contributed by atoms with E-state index in [0.29, 0.717) is 0 Å². The lowest BCUT2D eigenvalue weighted by Gasteiger charge is -2.31. The zero-order valence-corrected chi connectivity index (χ0v) is 15.0. The van der Waals surface area contributed by atoms with E-state index in [-0.39, 0.29) is 24.4 Å². The van der Waals surface area contributed by atoms with Gasteiger partial charge in [-0.25, -0.2) is 0 Å². The van der Waals surface area contributed by atoms with Crippen LogP contribution in [0.15, 0.2) is 30.3 Å². The lowest BCUT2D eigenvalue weighted by Crippen LogP contribution is -2.51. The Balaban J connectivity index is 0.00000264. The fourth-order valence-corrected chi connectivity index (χ4v) is 2.96. The Morgan fingerprint density at radius 1 is 1.30 bits per heavy atom. The van der Waals surface area contributed by atoms with Gasteiger partial charge in [0.15, 0.2) is 0 Å². The number of hydrogen-bond acceptors (Lipinski definition) is 3. The van der Waals surface area contributed by atoms with Gasteiger partial charge in [-0.15, -0.1) is 12.4 Å². The van der Waals surface area contributed by atoms with Gasteiger partial charge in [0.25, 0.3) is 0 Å². The summed E-state index contributed by atoms with van der Waals surface area (Å²) in [6.07, 6.45) is 4.21. The van der Waals surface area contributed by atoms with Crippen molar-refractivity contribution < 1.29 is 9.53 Å². The van der Waals surface area contributed by atoms with Crippen LogP contribution in [0.3, 0.4) is 0 Å². The predicted molar refractivity (Wildman–Crippen MR) is 95.7 cm³/mol. The van der Waals surface area contributed by atoms with Crippen molar-refractivity contribution in [3.8, 4) is 0 Å². The largest absolute Gasteiger partial charge is 0.378 e. The molecule has 2 atom stereocenters. The van der Waals surface area contributed by atoms with Crippen molar-refractivity contribution in [2.75, 3.05) is 19.7 Å². The number of nitrogens with zero attached hydrogens (tertiary/aromatic N) is 1. The molecule has 0 aliphatic carbocycles. The third-order valence-corrected chi connectivity index (χ3v) is 4.34. The monoisotopic (exact) mass is 340 g/mol. The molecule has 2 rings (SSSR count). The van der Waals surface area contributed by atoms with E-state index in [4.69, 9.17) is 10.5 Å². The van der Waals surface area contributed by atoms with Crippen LogP contribution in [0.1, 0.15) is 45.1 Å². The van der Waals surface area contributed by atoms with Crippen molar-refractivity contribution in [2.45, 2.75) is 51.2 Å². The standard InChI is InChI=1S/C18H28N2O2.ClH/c1-3-14-22-16-10-7-12-20(13-11-16)17(21)18(2,19)15-8-5-4-6-9-15;/h4-6,8-9,16H,3,7,10-14,19H2,1-2H3;1H. The third-order valence-electron chi connectivity index (χ3n) is 4.34. The van der Waals surface area contributed by atoms with Crippen molar-refractivity contribution in [3.63, 3.8) is 0 Å². The van der Waals surface area contributed by atoms with E-state index in [9.17, 15) is 4.79 Å². The summed E-state index contributed by atoms with van der Waals surface area (Å²) >= 11 is 0. The van der Waals surface area contributed by atoms with Crippen molar-refractivity contribution in [3.05, 3.63) is 35.9 Å². The fraction of sp³-hybridized carbons (Fsp3) is 0.611. The molecule has 0 radical (unpaired) electrons. The number of ether oxygens (including phenoxy) is 1. The lowest BCUT2D eigenvalue weighted by atomic mass is 9.91. The van der Waals surface area contributed by atoms with Crippen molar-refractivity contribution in [1.82, 2.24) is 4.90 Å². The smallest absolute Gasteiger partial charge is 0.246 e. The van der Waals surface area contributed by atoms with Crippen molar-refractivity contribution in [2.24, 2.45) is 5.73 Å². The molecule has 1 heterocycles. The van der Waals surface area contributed by atoms with Crippen LogP contribution in [0.4, 0.5) is 0 Å². The first kappa shape index (κ1) is 19.9. The molecule has 2 N–H and O–H groups in total. The van der Waals surface area contributed by atoms with Crippen LogP contribution in [-0.4, -0.2) is 36.6 Å². The van der Waals surface area contributed by atoms with Crippen LogP contribution in [-0.2, 0) is 15.1 Å². The molecule has 1 saturated heterocycles. The summed E-state index contributed by atoms with van der Waals surface area (Å²) in [5, 5.41) is 0. The molecule has 4 nitrogen and oxygen atoms in total. The van der Waals surface area contributed by atoms with Crippen LogP contribution in [0, 0.1) is 0 Å². The van der Waals surface area contributed by atoms with Crippen molar-refractivity contribution in [1.29, 1.82) is 0 Å². The van der Waals surface area contributed by atoms with Crippen LogP contribution < -0.4 is 5.73 Å². The second-order valence-electron chi connectivity index (χ2n) is 6.28. The number of likely N-dealkylation sites (tertiary alicyclic amines) is 1. The van der Waals surface area contributed by atoms with Gasteiger partial charge in [-0.05, 0) is 38.2 Å². The number of halogens is 1. The van der Waals surface area contributed by atoms with Crippen LogP contribution in [0.2, 0.25) is 0 Å². The zero-order valence-electron chi connectivity index (χ0n) is 14.2. The Bertz CT molecular complexity index is 479. The average molecular weight is 341 g/mol. The second-order valence-corrected chi connectivity index (χ2v) is 6.28. The van der Waals surface area contributed by atoms with Gasteiger partial charge in [0.05, 0.1) is 6.10 Å². The summed E-state index contributed by atoms with van der Waals surface area (Å²) in [5.41, 5.74) is 6.25. The summed E-state index contributed by atoms with van der Waals surface area (Å²) in [7, 11) is 0. The molecule has 130 valence electrons. The Kier molecular flexibility index (Phi) is 8.03. The molecule has 23 heavy (non-hydrogen) atoms. The van der Waals surface area contributed by atoms with Gasteiger partial charge in [-0.3, -0.25) is 4.79 Å². The molecule has 0 spiro atoms. The molecule has 0 saturated carbocycles. The number of carbonyl (C=O) groups is 1. The zero-order chi connectivity index (χ0) is 16.0. The van der Waals surface area contributed by atoms with Crippen LogP contribution >= 0.6 is 12.4 Å². The number of nitrogens with two attached hydrogens (primary N) is 1. The summed E-state index contributed by atoms with van der Waals surface area (Å²) in [6.45, 7) is 6.22. The molecule has 2 unspecified atom stereocenters. The number of amides is 1. The normalized spacial score (nSPS) is 21.0. The number of rotatable bonds is 5. The van der Waals surface area contributed by atoms with Gasteiger partial charge in [0.2, 0.25) is 5.91 Å². The quantitative estimate of drug-likeness (QED) is 0.896. The lowest BCUT2D eigenvalue weighted by molar-refractivity contribution is -0.136. The van der Waals surface area contributed by atoms with E-state index >= 15 is 0 Å². The number of hydrogen-bond donors (Lipinski definition) is 1. The Labute approximate surface area is 145 Å². The van der Waals surface area contributed by atoms with E-state index in [1.165, 1.54) is 0 Å². The van der Waals surface area contributed by atoms with E-state index < -0.39 is 5.54 Å². The maximum absolute atomic E-state index is 12.9. The molecule has 1 aromatic rings. The van der Waals surface area contributed by atoms with Crippen molar-refractivity contribution >= 4 is 18.3 Å². The molecule has 0 bridgehead atoms. The Morgan fingerprint density at radius 2 is 2.00 bits per heavy atom. The molecule has 1 amide bonds. The summed E-state index contributed by atoms with van der Waals surface area (Å²) in [5.74, 6) is 0.00911. The van der Waals surface area contributed by atoms with Gasteiger partial charge >= 0.3 is 0 Å². The highest BCUT2D eigenvalue weighted by molar-refractivity contribution is 5.87. The first-order valence-electron chi connectivity index (χ1n) is 8.31. The maximum atomic E-state index is 12.9. The first-order chi connectivity index (χ1) is 10.6. The van der Waals surface area contributed by atoms with Gasteiger partial charge in [0, 0.05) is 19.7 Å². The molecular formula is C18H29ClN2O2. The highest BCUT2D eigenvalue weighted by Crippen LogP contribution is 2.23. The van der Waals surface area contributed by atoms with Crippen LogP contribution in [0.5, 0.6) is 0 Å². The summed E-state index contributed by atoms with van der Waals surface area (Å²) < 4.78 is 5.84. The van der Waals surface area contributed by atoms with E-state index in [1.54, 1.807) is 6.92 Å². The molecule has 5 heteroatoms. The van der Waals surface area contributed by atoms with Gasteiger partial charge < -0.3 is 15.4 Å². The molecule has 1 aromatic carbocycles. The highest BCUT2D eigenvalue weighted by Gasteiger charge is 2.35. The minimum Gasteiger partial charge on any atom is -0.378 e. The van der Waals surface area contributed by atoms with Gasteiger partial charge in [0.1, 0.15) is 5.54 Å². The third kappa shape index (κ3) is 5.20. The SMILES string of the molecule is CCCOC1CCCN(C(=O)C(C)(N)c2ccccc2)CC1.Cl. The summed E-state index contributed by atoms with van der Waals surface area (Å²) in [4.78, 5) is 14.8. The highest BCUT2D eigenvalue weighted by atomic mass is 35.5. The fourth-order valence-electron chi connectivity index (χ4n) is 2.96. The molecule has 1 aliphatic rings. The second kappa shape index (κ2) is 9.26. The van der Waals surface area contributed by atoms with Crippen LogP contribution in [0.25, 0.3) is 0 Å². The number of carbonyl (C=O) groups excluding carboxylic acids is 1. The Morgan fingerprint density at radius 3 is 2.65 bits per heavy atom. The van der Waals surface area contributed by atoms with E-state index in [0.717, 1.165) is 50.9 Å². The predicted octanol–water partition coefficient (Wildman–Crippen LogP) is 3.09. The molecule has 0 aromatic heterocycles. The molecular weight excluding hydrogens is 312 g/mol. The van der Waals surface area contributed by atoms with E-state index in [1.807, 2.05) is 35.2 Å². The maximum Gasteiger partial charge on any atom is 0.246 e. The molecule has 1 aliphatic heterocycles. The van der Waals surface area contributed by atoms with E-state index in [2.05, 4.69) is 6.92 Å². The Hall–Kier alpha value is -1.10. The minimum atomic E-state index is -0.967. The van der Waals surface area contributed by atoms with Gasteiger partial charge in [-0.2, -0.15) is 0 Å². The number of benzene rings is 1. The van der Waals surface area contributed by atoms with Gasteiger partial charge in [-0.1, -0.05) is 37.3 Å². The topological polar surface area (TPSA) is 55.6 Å². The first-order valence-corrected chi connectivity index (χ1v) is 8.31. The summed E-state index contributed by atoms with van der Waals surface area (Å²) in [6, 6.07) is 9.62. The average Bonchev–Trinajstić information content (AvgIpc) is 2.78. The molecule has 1 fully saturated rings. The minimum absolute atomic E-state index is 0.